The lowest BCUT2D eigenvalue weighted by Gasteiger charge is -2.08. The Balaban J connectivity index is 2.65. The van der Waals surface area contributed by atoms with E-state index in [1.54, 1.807) is 17.8 Å². The molecule has 0 aliphatic rings. The summed E-state index contributed by atoms with van der Waals surface area (Å²) >= 11 is 3.58. The molecule has 84 valence electrons. The topological polar surface area (TPSA) is 26.0 Å². The lowest BCUT2D eigenvalue weighted by molar-refractivity contribution is 0.616. The normalized spacial score (nSPS) is 11.0. The number of hydrogen-bond acceptors (Lipinski definition) is 2. The van der Waals surface area contributed by atoms with Crippen molar-refractivity contribution in [2.24, 2.45) is 5.92 Å². The van der Waals surface area contributed by atoms with E-state index in [4.69, 9.17) is 5.73 Å². The van der Waals surface area contributed by atoms with E-state index in [1.807, 2.05) is 22.6 Å². The molecule has 1 nitrogen and oxygen atoms in total. The predicted molar refractivity (Wildman–Crippen MR) is 73.7 cm³/mol. The minimum absolute atomic E-state index is 0.183. The van der Waals surface area contributed by atoms with Crippen LogP contribution in [0.5, 0.6) is 0 Å². The second-order valence-electron chi connectivity index (χ2n) is 3.84. The van der Waals surface area contributed by atoms with Crippen molar-refractivity contribution in [1.29, 1.82) is 0 Å². The van der Waals surface area contributed by atoms with Crippen molar-refractivity contribution in [1.82, 2.24) is 0 Å². The largest absolute Gasteiger partial charge is 0.398 e. The van der Waals surface area contributed by atoms with Crippen LogP contribution >= 0.6 is 34.4 Å². The predicted octanol–water partition coefficient (Wildman–Crippen LogP) is 4.15. The molecule has 2 N–H and O–H groups in total. The number of halogens is 2. The average molecular weight is 339 g/mol. The first-order chi connectivity index (χ1) is 7.00. The fraction of sp³-hybridized carbons (Fsp3) is 0.455. The van der Waals surface area contributed by atoms with E-state index < -0.39 is 0 Å². The number of nitrogen functional groups attached to an aromatic ring is 1. The van der Waals surface area contributed by atoms with Crippen LogP contribution < -0.4 is 5.73 Å². The monoisotopic (exact) mass is 339 g/mol. The van der Waals surface area contributed by atoms with Crippen LogP contribution in [-0.2, 0) is 0 Å². The molecule has 1 aromatic carbocycles. The van der Waals surface area contributed by atoms with Crippen LogP contribution in [0.15, 0.2) is 17.0 Å². The van der Waals surface area contributed by atoms with Crippen molar-refractivity contribution in [3.8, 4) is 0 Å². The molecule has 1 aromatic rings. The van der Waals surface area contributed by atoms with Crippen molar-refractivity contribution in [2.75, 3.05) is 11.5 Å². The summed E-state index contributed by atoms with van der Waals surface area (Å²) in [5.74, 6) is 1.48. The molecular formula is C11H15FINS. The first kappa shape index (κ1) is 13.1. The van der Waals surface area contributed by atoms with Gasteiger partial charge in [0.1, 0.15) is 5.82 Å². The molecule has 0 aliphatic heterocycles. The summed E-state index contributed by atoms with van der Waals surface area (Å²) in [5, 5.41) is 0. The number of rotatable bonds is 4. The van der Waals surface area contributed by atoms with E-state index in [-0.39, 0.29) is 5.82 Å². The fourth-order valence-corrected chi connectivity index (χ4v) is 2.79. The summed E-state index contributed by atoms with van der Waals surface area (Å²) in [4.78, 5) is 0.855. The maximum atomic E-state index is 13.3. The minimum atomic E-state index is -0.183. The summed E-state index contributed by atoms with van der Waals surface area (Å²) in [6, 6.07) is 3.22. The van der Waals surface area contributed by atoms with Crippen molar-refractivity contribution in [2.45, 2.75) is 25.2 Å². The second kappa shape index (κ2) is 5.94. The Hall–Kier alpha value is 0.0300. The third kappa shape index (κ3) is 4.18. The third-order valence-electron chi connectivity index (χ3n) is 2.01. The van der Waals surface area contributed by atoms with Crippen molar-refractivity contribution in [3.05, 3.63) is 21.5 Å². The van der Waals surface area contributed by atoms with Crippen molar-refractivity contribution < 1.29 is 4.39 Å². The van der Waals surface area contributed by atoms with Gasteiger partial charge in [-0.1, -0.05) is 13.8 Å². The Morgan fingerprint density at radius 2 is 2.13 bits per heavy atom. The quantitative estimate of drug-likeness (QED) is 0.507. The SMILES string of the molecule is CC(C)CCSc1cc(F)c(I)cc1N. The molecular weight excluding hydrogens is 324 g/mol. The van der Waals surface area contributed by atoms with Gasteiger partial charge in [-0.05, 0) is 52.8 Å². The van der Waals surface area contributed by atoms with E-state index in [2.05, 4.69) is 13.8 Å². The van der Waals surface area contributed by atoms with Gasteiger partial charge in [-0.25, -0.2) is 4.39 Å². The van der Waals surface area contributed by atoms with Crippen LogP contribution in [0, 0.1) is 15.3 Å². The molecule has 0 atom stereocenters. The van der Waals surface area contributed by atoms with E-state index in [0.29, 0.717) is 15.2 Å². The smallest absolute Gasteiger partial charge is 0.137 e. The molecule has 0 amide bonds. The van der Waals surface area contributed by atoms with Crippen LogP contribution in [-0.4, -0.2) is 5.75 Å². The van der Waals surface area contributed by atoms with Crippen LogP contribution in [0.4, 0.5) is 10.1 Å². The van der Waals surface area contributed by atoms with Gasteiger partial charge < -0.3 is 5.73 Å². The number of thioether (sulfide) groups is 1. The summed E-state index contributed by atoms with van der Waals surface area (Å²) < 4.78 is 13.9. The molecule has 15 heavy (non-hydrogen) atoms. The fourth-order valence-electron chi connectivity index (χ4n) is 1.07. The molecule has 1 rings (SSSR count). The summed E-state index contributed by atoms with van der Waals surface area (Å²) in [5.41, 5.74) is 6.49. The molecule has 0 heterocycles. The highest BCUT2D eigenvalue weighted by Gasteiger charge is 2.06. The van der Waals surface area contributed by atoms with Gasteiger partial charge in [-0.15, -0.1) is 11.8 Å². The average Bonchev–Trinajstić information content (AvgIpc) is 2.13. The number of anilines is 1. The van der Waals surface area contributed by atoms with E-state index in [9.17, 15) is 4.39 Å². The molecule has 0 radical (unpaired) electrons. The van der Waals surface area contributed by atoms with Gasteiger partial charge in [0.15, 0.2) is 0 Å². The Morgan fingerprint density at radius 3 is 2.73 bits per heavy atom. The number of benzene rings is 1. The van der Waals surface area contributed by atoms with E-state index in [1.165, 1.54) is 6.07 Å². The molecule has 0 bridgehead atoms. The first-order valence-electron chi connectivity index (χ1n) is 4.88. The maximum Gasteiger partial charge on any atom is 0.137 e. The standard InChI is InChI=1S/C11H15FINS/c1-7(2)3-4-15-11-5-8(12)9(13)6-10(11)14/h5-7H,3-4,14H2,1-2H3. The lowest BCUT2D eigenvalue weighted by atomic mass is 10.2. The Bertz CT molecular complexity index is 342. The Labute approximate surface area is 108 Å². The Morgan fingerprint density at radius 1 is 1.47 bits per heavy atom. The van der Waals surface area contributed by atoms with Crippen LogP contribution in [0.2, 0.25) is 0 Å². The first-order valence-corrected chi connectivity index (χ1v) is 6.94. The van der Waals surface area contributed by atoms with Crippen LogP contribution in [0.25, 0.3) is 0 Å². The number of nitrogens with two attached hydrogens (primary N) is 1. The molecule has 0 saturated heterocycles. The highest BCUT2D eigenvalue weighted by molar-refractivity contribution is 14.1. The van der Waals surface area contributed by atoms with Gasteiger partial charge in [0.25, 0.3) is 0 Å². The molecule has 0 spiro atoms. The lowest BCUT2D eigenvalue weighted by Crippen LogP contribution is -1.95. The molecule has 0 fully saturated rings. The van der Waals surface area contributed by atoms with Crippen LogP contribution in [0.1, 0.15) is 20.3 Å². The third-order valence-corrected chi connectivity index (χ3v) is 3.94. The van der Waals surface area contributed by atoms with Gasteiger partial charge in [0.05, 0.1) is 3.57 Å². The van der Waals surface area contributed by atoms with Gasteiger partial charge in [-0.3, -0.25) is 0 Å². The van der Waals surface area contributed by atoms with Crippen LogP contribution in [0.3, 0.4) is 0 Å². The van der Waals surface area contributed by atoms with Crippen molar-refractivity contribution in [3.63, 3.8) is 0 Å². The zero-order valence-electron chi connectivity index (χ0n) is 8.89. The second-order valence-corrected chi connectivity index (χ2v) is 6.13. The van der Waals surface area contributed by atoms with Gasteiger partial charge in [-0.2, -0.15) is 0 Å². The summed E-state index contributed by atoms with van der Waals surface area (Å²) in [7, 11) is 0. The van der Waals surface area contributed by atoms with Gasteiger partial charge >= 0.3 is 0 Å². The summed E-state index contributed by atoms with van der Waals surface area (Å²) in [6.07, 6.45) is 1.12. The molecule has 0 aromatic heterocycles. The summed E-state index contributed by atoms with van der Waals surface area (Å²) in [6.45, 7) is 4.36. The van der Waals surface area contributed by atoms with E-state index in [0.717, 1.165) is 17.1 Å². The minimum Gasteiger partial charge on any atom is -0.398 e. The molecule has 0 saturated carbocycles. The zero-order chi connectivity index (χ0) is 11.4. The maximum absolute atomic E-state index is 13.3. The van der Waals surface area contributed by atoms with Gasteiger partial charge in [0.2, 0.25) is 0 Å². The van der Waals surface area contributed by atoms with E-state index >= 15 is 0 Å². The molecule has 0 unspecified atom stereocenters. The van der Waals surface area contributed by atoms with Gasteiger partial charge in [0, 0.05) is 10.6 Å². The molecule has 0 aliphatic carbocycles. The van der Waals surface area contributed by atoms with Crippen molar-refractivity contribution >= 4 is 40.0 Å². The number of hydrogen-bond donors (Lipinski definition) is 1. The Kier molecular flexibility index (Phi) is 5.18. The zero-order valence-corrected chi connectivity index (χ0v) is 11.9. The highest BCUT2D eigenvalue weighted by atomic mass is 127. The molecule has 4 heteroatoms. The highest BCUT2D eigenvalue weighted by Crippen LogP contribution is 2.29.